The van der Waals surface area contributed by atoms with Crippen LogP contribution < -0.4 is 4.90 Å². The van der Waals surface area contributed by atoms with Crippen molar-refractivity contribution in [2.75, 3.05) is 37.5 Å². The van der Waals surface area contributed by atoms with Gasteiger partial charge in [-0.1, -0.05) is 6.07 Å². The summed E-state index contributed by atoms with van der Waals surface area (Å²) in [6.45, 7) is 3.02. The SMILES string of the molecule is COCCCN1CCSc2ccc(CO)cc21. The molecule has 4 heteroatoms. The van der Waals surface area contributed by atoms with Crippen molar-refractivity contribution in [3.63, 3.8) is 0 Å². The Morgan fingerprint density at radius 3 is 3.12 bits per heavy atom. The lowest BCUT2D eigenvalue weighted by Crippen LogP contribution is -2.30. The van der Waals surface area contributed by atoms with Crippen molar-refractivity contribution in [3.05, 3.63) is 23.8 Å². The summed E-state index contributed by atoms with van der Waals surface area (Å²) < 4.78 is 5.09. The number of hydrogen-bond donors (Lipinski definition) is 1. The minimum absolute atomic E-state index is 0.115. The smallest absolute Gasteiger partial charge is 0.0682 e. The first kappa shape index (κ1) is 12.7. The van der Waals surface area contributed by atoms with Crippen LogP contribution in [0.2, 0.25) is 0 Å². The van der Waals surface area contributed by atoms with Gasteiger partial charge in [0.2, 0.25) is 0 Å². The minimum atomic E-state index is 0.115. The molecule has 0 atom stereocenters. The Morgan fingerprint density at radius 1 is 1.47 bits per heavy atom. The van der Waals surface area contributed by atoms with E-state index in [0.29, 0.717) is 0 Å². The first-order valence-corrected chi connectivity index (χ1v) is 6.94. The predicted octanol–water partition coefficient (Wildman–Crippen LogP) is 2.13. The predicted molar refractivity (Wildman–Crippen MR) is 71.8 cm³/mol. The number of aliphatic hydroxyl groups excluding tert-OH is 1. The molecule has 1 N–H and O–H groups in total. The summed E-state index contributed by atoms with van der Waals surface area (Å²) in [4.78, 5) is 3.72. The lowest BCUT2D eigenvalue weighted by molar-refractivity contribution is 0.196. The standard InChI is InChI=1S/C13H19NO2S/c1-16-7-2-5-14-6-8-17-13-4-3-11(10-15)9-12(13)14/h3-4,9,15H,2,5-8,10H2,1H3. The normalized spacial score (nSPS) is 14.8. The van der Waals surface area contributed by atoms with E-state index in [4.69, 9.17) is 4.74 Å². The Hall–Kier alpha value is -0.710. The molecule has 17 heavy (non-hydrogen) atoms. The zero-order valence-corrected chi connectivity index (χ0v) is 11.0. The van der Waals surface area contributed by atoms with Crippen LogP contribution in [-0.4, -0.2) is 37.7 Å². The Balaban J connectivity index is 2.11. The second-order valence-corrected chi connectivity index (χ2v) is 5.28. The summed E-state index contributed by atoms with van der Waals surface area (Å²) in [5.74, 6) is 1.14. The molecule has 0 aromatic heterocycles. The molecule has 0 fully saturated rings. The van der Waals surface area contributed by atoms with E-state index in [1.54, 1.807) is 7.11 Å². The maximum atomic E-state index is 9.19. The Bertz CT molecular complexity index is 370. The average molecular weight is 253 g/mol. The fourth-order valence-corrected chi connectivity index (χ4v) is 3.08. The Morgan fingerprint density at radius 2 is 2.35 bits per heavy atom. The topological polar surface area (TPSA) is 32.7 Å². The number of benzene rings is 1. The Labute approximate surface area is 107 Å². The van der Waals surface area contributed by atoms with E-state index in [9.17, 15) is 5.11 Å². The summed E-state index contributed by atoms with van der Waals surface area (Å²) in [6.07, 6.45) is 1.05. The van der Waals surface area contributed by atoms with Crippen molar-refractivity contribution in [3.8, 4) is 0 Å². The zero-order valence-electron chi connectivity index (χ0n) is 10.2. The molecule has 0 spiro atoms. The maximum absolute atomic E-state index is 9.19. The second-order valence-electron chi connectivity index (χ2n) is 4.14. The van der Waals surface area contributed by atoms with E-state index in [-0.39, 0.29) is 6.61 Å². The number of ether oxygens (including phenoxy) is 1. The van der Waals surface area contributed by atoms with Gasteiger partial charge < -0.3 is 14.7 Å². The van der Waals surface area contributed by atoms with Crippen molar-refractivity contribution in [2.45, 2.75) is 17.9 Å². The van der Waals surface area contributed by atoms with Crippen molar-refractivity contribution in [2.24, 2.45) is 0 Å². The average Bonchev–Trinajstić information content (AvgIpc) is 2.39. The molecule has 3 nitrogen and oxygen atoms in total. The Kier molecular flexibility index (Phi) is 4.71. The van der Waals surface area contributed by atoms with E-state index in [1.807, 2.05) is 17.8 Å². The van der Waals surface area contributed by atoms with Gasteiger partial charge in [0.1, 0.15) is 0 Å². The molecule has 0 amide bonds. The van der Waals surface area contributed by atoms with Crippen molar-refractivity contribution >= 4 is 17.4 Å². The molecular weight excluding hydrogens is 234 g/mol. The fourth-order valence-electron chi connectivity index (χ4n) is 2.05. The van der Waals surface area contributed by atoms with Crippen LogP contribution in [0.5, 0.6) is 0 Å². The molecule has 0 bridgehead atoms. The minimum Gasteiger partial charge on any atom is -0.392 e. The summed E-state index contributed by atoms with van der Waals surface area (Å²) in [6, 6.07) is 6.23. The number of anilines is 1. The molecule has 1 aromatic carbocycles. The molecule has 1 aromatic rings. The first-order chi connectivity index (χ1) is 8.35. The van der Waals surface area contributed by atoms with Crippen LogP contribution in [0.15, 0.2) is 23.1 Å². The highest BCUT2D eigenvalue weighted by atomic mass is 32.2. The van der Waals surface area contributed by atoms with Gasteiger partial charge in [-0.2, -0.15) is 0 Å². The van der Waals surface area contributed by atoms with Crippen molar-refractivity contribution in [1.82, 2.24) is 0 Å². The van der Waals surface area contributed by atoms with Gasteiger partial charge in [-0.3, -0.25) is 0 Å². The molecular formula is C13H19NO2S. The van der Waals surface area contributed by atoms with E-state index in [0.717, 1.165) is 37.4 Å². The molecule has 1 heterocycles. The summed E-state index contributed by atoms with van der Waals surface area (Å²) in [7, 11) is 1.74. The molecule has 0 aliphatic carbocycles. The third kappa shape index (κ3) is 3.15. The van der Waals surface area contributed by atoms with Crippen molar-refractivity contribution in [1.29, 1.82) is 0 Å². The summed E-state index contributed by atoms with van der Waals surface area (Å²) in [5, 5.41) is 9.19. The van der Waals surface area contributed by atoms with Gasteiger partial charge in [-0.15, -0.1) is 11.8 Å². The molecule has 0 radical (unpaired) electrons. The summed E-state index contributed by atoms with van der Waals surface area (Å²) >= 11 is 1.90. The van der Waals surface area contributed by atoms with Crippen LogP contribution >= 0.6 is 11.8 Å². The van der Waals surface area contributed by atoms with Gasteiger partial charge in [0.05, 0.1) is 12.3 Å². The van der Waals surface area contributed by atoms with Gasteiger partial charge in [0.25, 0.3) is 0 Å². The van der Waals surface area contributed by atoms with Crippen molar-refractivity contribution < 1.29 is 9.84 Å². The number of nitrogens with zero attached hydrogens (tertiary/aromatic N) is 1. The monoisotopic (exact) mass is 253 g/mol. The fraction of sp³-hybridized carbons (Fsp3) is 0.538. The first-order valence-electron chi connectivity index (χ1n) is 5.95. The van der Waals surface area contributed by atoms with Crippen LogP contribution in [0.3, 0.4) is 0 Å². The van der Waals surface area contributed by atoms with Gasteiger partial charge in [0.15, 0.2) is 0 Å². The highest BCUT2D eigenvalue weighted by molar-refractivity contribution is 7.99. The van der Waals surface area contributed by atoms with Crippen LogP contribution in [0.1, 0.15) is 12.0 Å². The van der Waals surface area contributed by atoms with E-state index >= 15 is 0 Å². The van der Waals surface area contributed by atoms with Crippen LogP contribution in [0.25, 0.3) is 0 Å². The molecule has 0 saturated carbocycles. The number of rotatable bonds is 5. The number of thioether (sulfide) groups is 1. The number of aliphatic hydroxyl groups is 1. The largest absolute Gasteiger partial charge is 0.392 e. The third-order valence-electron chi connectivity index (χ3n) is 2.94. The maximum Gasteiger partial charge on any atom is 0.0682 e. The van der Waals surface area contributed by atoms with Gasteiger partial charge >= 0.3 is 0 Å². The quantitative estimate of drug-likeness (QED) is 0.815. The van der Waals surface area contributed by atoms with E-state index in [2.05, 4.69) is 17.0 Å². The third-order valence-corrected chi connectivity index (χ3v) is 3.98. The van der Waals surface area contributed by atoms with E-state index < -0.39 is 0 Å². The number of methoxy groups -OCH3 is 1. The highest BCUT2D eigenvalue weighted by Crippen LogP contribution is 2.35. The lowest BCUT2D eigenvalue weighted by Gasteiger charge is -2.31. The molecule has 0 saturated heterocycles. The highest BCUT2D eigenvalue weighted by Gasteiger charge is 2.17. The van der Waals surface area contributed by atoms with Gasteiger partial charge in [-0.05, 0) is 24.1 Å². The summed E-state index contributed by atoms with van der Waals surface area (Å²) in [5.41, 5.74) is 2.26. The molecule has 0 unspecified atom stereocenters. The van der Waals surface area contributed by atoms with E-state index in [1.165, 1.54) is 10.6 Å². The molecule has 1 aliphatic heterocycles. The number of fused-ring (bicyclic) bond motifs is 1. The lowest BCUT2D eigenvalue weighted by atomic mass is 10.2. The molecule has 2 rings (SSSR count). The van der Waals surface area contributed by atoms with Crippen LogP contribution in [0.4, 0.5) is 5.69 Å². The molecule has 94 valence electrons. The van der Waals surface area contributed by atoms with Crippen LogP contribution in [-0.2, 0) is 11.3 Å². The zero-order chi connectivity index (χ0) is 12.1. The van der Waals surface area contributed by atoms with Gasteiger partial charge in [-0.25, -0.2) is 0 Å². The second kappa shape index (κ2) is 6.28. The number of hydrogen-bond acceptors (Lipinski definition) is 4. The van der Waals surface area contributed by atoms with Gasteiger partial charge in [0, 0.05) is 37.5 Å². The van der Waals surface area contributed by atoms with Crippen LogP contribution in [0, 0.1) is 0 Å². The molecule has 1 aliphatic rings.